The van der Waals surface area contributed by atoms with Gasteiger partial charge in [0.15, 0.2) is 0 Å². The Balaban J connectivity index is 1.27. The Morgan fingerprint density at radius 3 is 2.55 bits per heavy atom. The zero-order valence-corrected chi connectivity index (χ0v) is 17.4. The summed E-state index contributed by atoms with van der Waals surface area (Å²) in [4.78, 5) is 8.72. The summed E-state index contributed by atoms with van der Waals surface area (Å²) in [6.45, 7) is 0. The Morgan fingerprint density at radius 2 is 1.74 bits per heavy atom. The molecule has 1 aromatic carbocycles. The van der Waals surface area contributed by atoms with Crippen LogP contribution >= 0.6 is 0 Å². The molecule has 4 nitrogen and oxygen atoms in total. The second-order valence-electron chi connectivity index (χ2n) is 9.26. The van der Waals surface area contributed by atoms with Crippen molar-refractivity contribution in [2.45, 2.75) is 56.5 Å². The maximum Gasteiger partial charge on any atom is 0.123 e. The zero-order chi connectivity index (χ0) is 20.9. The van der Waals surface area contributed by atoms with E-state index in [1.54, 1.807) is 12.1 Å². The van der Waals surface area contributed by atoms with Crippen LogP contribution in [0, 0.1) is 11.7 Å². The number of benzene rings is 1. The first-order valence-corrected chi connectivity index (χ1v) is 11.4. The number of fused-ring (bicyclic) bond motifs is 2. The fraction of sp³-hybridized carbons (Fsp3) is 0.385. The highest BCUT2D eigenvalue weighted by molar-refractivity contribution is 5.82. The number of pyridine rings is 2. The number of halogens is 1. The minimum absolute atomic E-state index is 0.215. The minimum atomic E-state index is -0.469. The van der Waals surface area contributed by atoms with Crippen molar-refractivity contribution < 1.29 is 9.50 Å². The molecule has 2 aliphatic rings. The quantitative estimate of drug-likeness (QED) is 0.451. The molecule has 1 atom stereocenters. The van der Waals surface area contributed by atoms with Crippen LogP contribution in [0.25, 0.3) is 16.4 Å². The lowest BCUT2D eigenvalue weighted by Gasteiger charge is -2.33. The number of imidazole rings is 1. The van der Waals surface area contributed by atoms with Gasteiger partial charge in [0.25, 0.3) is 0 Å². The van der Waals surface area contributed by atoms with Crippen LogP contribution in [-0.2, 0) is 0 Å². The van der Waals surface area contributed by atoms with Gasteiger partial charge in [-0.25, -0.2) is 9.37 Å². The molecular formula is C26H26FN3O. The monoisotopic (exact) mass is 415 g/mol. The summed E-state index contributed by atoms with van der Waals surface area (Å²) in [6.07, 6.45) is 13.5. The third kappa shape index (κ3) is 3.32. The molecule has 0 unspecified atom stereocenters. The predicted molar refractivity (Wildman–Crippen MR) is 119 cm³/mol. The third-order valence-electron chi connectivity index (χ3n) is 7.38. The van der Waals surface area contributed by atoms with Gasteiger partial charge in [0.1, 0.15) is 5.82 Å². The van der Waals surface area contributed by atoms with E-state index >= 15 is 0 Å². The first-order valence-electron chi connectivity index (χ1n) is 11.4. The molecule has 2 aliphatic carbocycles. The highest BCUT2D eigenvalue weighted by atomic mass is 19.1. The summed E-state index contributed by atoms with van der Waals surface area (Å²) in [5.41, 5.74) is 5.46. The molecule has 1 N–H and O–H groups in total. The second kappa shape index (κ2) is 7.41. The van der Waals surface area contributed by atoms with Crippen molar-refractivity contribution in [3.63, 3.8) is 0 Å². The van der Waals surface area contributed by atoms with Crippen molar-refractivity contribution in [1.29, 1.82) is 0 Å². The summed E-state index contributed by atoms with van der Waals surface area (Å²) in [6, 6.07) is 9.06. The second-order valence-corrected chi connectivity index (χ2v) is 9.26. The average molecular weight is 416 g/mol. The number of nitrogens with zero attached hydrogens (tertiary/aromatic N) is 3. The molecule has 0 radical (unpaired) electrons. The van der Waals surface area contributed by atoms with Crippen LogP contribution in [0.15, 0.2) is 55.2 Å². The van der Waals surface area contributed by atoms with Gasteiger partial charge in [-0.3, -0.25) is 4.98 Å². The maximum absolute atomic E-state index is 13.9. The van der Waals surface area contributed by atoms with Crippen molar-refractivity contribution in [3.05, 3.63) is 77.8 Å². The smallest absolute Gasteiger partial charge is 0.123 e. The fourth-order valence-corrected chi connectivity index (χ4v) is 5.58. The van der Waals surface area contributed by atoms with Gasteiger partial charge in [0, 0.05) is 23.3 Å². The molecule has 3 aromatic heterocycles. The Bertz CT molecular complexity index is 1250. The van der Waals surface area contributed by atoms with Crippen LogP contribution in [0.5, 0.6) is 0 Å². The Labute approximate surface area is 180 Å². The van der Waals surface area contributed by atoms with E-state index in [1.807, 2.05) is 29.2 Å². The summed E-state index contributed by atoms with van der Waals surface area (Å²) in [7, 11) is 0. The van der Waals surface area contributed by atoms with E-state index in [9.17, 15) is 9.50 Å². The van der Waals surface area contributed by atoms with Gasteiger partial charge < -0.3 is 9.51 Å². The molecule has 31 heavy (non-hydrogen) atoms. The van der Waals surface area contributed by atoms with Gasteiger partial charge in [-0.2, -0.15) is 0 Å². The number of aliphatic hydroxyl groups is 1. The molecule has 0 aliphatic heterocycles. The van der Waals surface area contributed by atoms with Gasteiger partial charge >= 0.3 is 0 Å². The van der Waals surface area contributed by atoms with Gasteiger partial charge in [0.2, 0.25) is 0 Å². The highest BCUT2D eigenvalue weighted by Crippen LogP contribution is 2.48. The molecule has 4 aromatic rings. The van der Waals surface area contributed by atoms with E-state index in [4.69, 9.17) is 0 Å². The molecule has 5 heteroatoms. The first kappa shape index (κ1) is 18.9. The number of hydrogen-bond donors (Lipinski definition) is 1. The number of aromatic nitrogens is 3. The lowest BCUT2D eigenvalue weighted by atomic mass is 9.74. The zero-order valence-electron chi connectivity index (χ0n) is 17.4. The highest BCUT2D eigenvalue weighted by Gasteiger charge is 2.34. The molecule has 0 saturated heterocycles. The molecule has 2 fully saturated rings. The SMILES string of the molecule is O[C@@H](c1c(C2CC2)ccn2cncc12)C1CCC(c2ccnc3ccc(F)cc23)CC1. The Kier molecular flexibility index (Phi) is 4.53. The molecule has 0 amide bonds. The topological polar surface area (TPSA) is 50.4 Å². The fourth-order valence-electron chi connectivity index (χ4n) is 5.58. The van der Waals surface area contributed by atoms with Gasteiger partial charge in [-0.1, -0.05) is 0 Å². The van der Waals surface area contributed by atoms with Crippen LogP contribution in [-0.4, -0.2) is 19.5 Å². The third-order valence-corrected chi connectivity index (χ3v) is 7.38. The van der Waals surface area contributed by atoms with Crippen LogP contribution < -0.4 is 0 Å². The predicted octanol–water partition coefficient (Wildman–Crippen LogP) is 5.91. The van der Waals surface area contributed by atoms with E-state index in [2.05, 4.69) is 22.2 Å². The molecule has 0 spiro atoms. The van der Waals surface area contributed by atoms with Crippen molar-refractivity contribution in [2.24, 2.45) is 5.92 Å². The normalized spacial score (nSPS) is 22.8. The Morgan fingerprint density at radius 1 is 0.968 bits per heavy atom. The molecule has 0 bridgehead atoms. The van der Waals surface area contributed by atoms with Crippen LogP contribution in [0.1, 0.15) is 73.2 Å². The van der Waals surface area contributed by atoms with E-state index in [1.165, 1.54) is 30.0 Å². The molecule has 158 valence electrons. The van der Waals surface area contributed by atoms with E-state index in [-0.39, 0.29) is 11.7 Å². The van der Waals surface area contributed by atoms with Crippen molar-refractivity contribution in [2.75, 3.05) is 0 Å². The summed E-state index contributed by atoms with van der Waals surface area (Å²) < 4.78 is 15.9. The summed E-state index contributed by atoms with van der Waals surface area (Å²) in [5, 5.41) is 12.4. The molecule has 2 saturated carbocycles. The van der Waals surface area contributed by atoms with Crippen LogP contribution in [0.2, 0.25) is 0 Å². The van der Waals surface area contributed by atoms with Gasteiger partial charge in [-0.05, 0) is 97.7 Å². The Hall–Kier alpha value is -2.79. The minimum Gasteiger partial charge on any atom is -0.388 e. The van der Waals surface area contributed by atoms with E-state index in [0.29, 0.717) is 11.8 Å². The summed E-state index contributed by atoms with van der Waals surface area (Å²) in [5.74, 6) is 0.982. The van der Waals surface area contributed by atoms with Crippen molar-refractivity contribution in [1.82, 2.24) is 14.4 Å². The van der Waals surface area contributed by atoms with Crippen LogP contribution in [0.4, 0.5) is 4.39 Å². The molecule has 6 rings (SSSR count). The average Bonchev–Trinajstić information content (AvgIpc) is 3.54. The first-order chi connectivity index (χ1) is 15.2. The van der Waals surface area contributed by atoms with E-state index in [0.717, 1.165) is 47.7 Å². The summed E-state index contributed by atoms with van der Waals surface area (Å²) >= 11 is 0. The molecule has 3 heterocycles. The van der Waals surface area contributed by atoms with Crippen molar-refractivity contribution >= 4 is 16.4 Å². The van der Waals surface area contributed by atoms with Crippen LogP contribution in [0.3, 0.4) is 0 Å². The number of aliphatic hydroxyl groups excluding tert-OH is 1. The van der Waals surface area contributed by atoms with Crippen molar-refractivity contribution in [3.8, 4) is 0 Å². The number of rotatable bonds is 4. The standard InChI is InChI=1S/C26H26FN3O/c27-19-7-8-23-22(13-19)20(9-11-29-23)16-3-5-18(6-4-16)26(31)25-21(17-1-2-17)10-12-30-15-28-14-24(25)30/h7-18,26,31H,1-6H2/t16?,18?,26-/m1/s1. The number of hydrogen-bond acceptors (Lipinski definition) is 3. The molecular weight excluding hydrogens is 389 g/mol. The largest absolute Gasteiger partial charge is 0.388 e. The lowest BCUT2D eigenvalue weighted by molar-refractivity contribution is 0.0811. The van der Waals surface area contributed by atoms with E-state index < -0.39 is 6.10 Å². The maximum atomic E-state index is 13.9. The lowest BCUT2D eigenvalue weighted by Crippen LogP contribution is -2.21. The van der Waals surface area contributed by atoms with Gasteiger partial charge in [0.05, 0.1) is 29.7 Å². The van der Waals surface area contributed by atoms with Gasteiger partial charge in [-0.15, -0.1) is 0 Å².